The molecule has 0 unspecified atom stereocenters. The first kappa shape index (κ1) is 15.0. The molecule has 4 nitrogen and oxygen atoms in total. The van der Waals surface area contributed by atoms with Gasteiger partial charge in [0.25, 0.3) is 0 Å². The highest BCUT2D eigenvalue weighted by molar-refractivity contribution is 5.13. The van der Waals surface area contributed by atoms with E-state index < -0.39 is 0 Å². The lowest BCUT2D eigenvalue weighted by Gasteiger charge is -2.37. The van der Waals surface area contributed by atoms with Crippen LogP contribution in [0.3, 0.4) is 0 Å². The van der Waals surface area contributed by atoms with Crippen molar-refractivity contribution < 1.29 is 0 Å². The average molecular weight is 290 g/mol. The van der Waals surface area contributed by atoms with Crippen molar-refractivity contribution in [1.82, 2.24) is 19.8 Å². The first-order chi connectivity index (χ1) is 10.1. The zero-order valence-corrected chi connectivity index (χ0v) is 13.9. The van der Waals surface area contributed by atoms with Gasteiger partial charge in [-0.15, -0.1) is 0 Å². The number of aryl methyl sites for hydroxylation is 1. The van der Waals surface area contributed by atoms with Crippen LogP contribution in [-0.4, -0.2) is 40.6 Å². The Morgan fingerprint density at radius 3 is 2.24 bits per heavy atom. The molecule has 1 aromatic heterocycles. The molecule has 0 atom stereocenters. The van der Waals surface area contributed by atoms with E-state index in [-0.39, 0.29) is 0 Å². The number of nitrogens with one attached hydrogen (secondary N) is 1. The first-order valence-corrected chi connectivity index (χ1v) is 8.57. The van der Waals surface area contributed by atoms with Gasteiger partial charge in [0.1, 0.15) is 5.82 Å². The third-order valence-corrected chi connectivity index (χ3v) is 5.76. The van der Waals surface area contributed by atoms with Gasteiger partial charge in [0.15, 0.2) is 0 Å². The molecule has 4 heteroatoms. The molecule has 2 fully saturated rings. The van der Waals surface area contributed by atoms with Gasteiger partial charge in [-0.25, -0.2) is 4.98 Å². The Kier molecular flexibility index (Phi) is 4.65. The number of likely N-dealkylation sites (tertiary alicyclic amines) is 1. The topological polar surface area (TPSA) is 33.1 Å². The van der Waals surface area contributed by atoms with E-state index in [0.717, 1.165) is 18.4 Å². The largest absolute Gasteiger partial charge is 0.334 e. The van der Waals surface area contributed by atoms with Gasteiger partial charge in [0.2, 0.25) is 0 Å². The Bertz CT molecular complexity index is 465. The number of rotatable bonds is 3. The smallest absolute Gasteiger partial charge is 0.123 e. The highest BCUT2D eigenvalue weighted by Crippen LogP contribution is 2.31. The fourth-order valence-electron chi connectivity index (χ4n) is 4.03. The van der Waals surface area contributed by atoms with Gasteiger partial charge in [-0.05, 0) is 77.5 Å². The number of hydrogen-bond acceptors (Lipinski definition) is 3. The van der Waals surface area contributed by atoms with Crippen molar-refractivity contribution in [3.63, 3.8) is 0 Å². The van der Waals surface area contributed by atoms with Gasteiger partial charge in [-0.1, -0.05) is 0 Å². The lowest BCUT2D eigenvalue weighted by atomic mass is 9.79. The molecule has 2 aliphatic rings. The zero-order chi connectivity index (χ0) is 14.8. The molecule has 0 saturated carbocycles. The van der Waals surface area contributed by atoms with E-state index in [2.05, 4.69) is 35.7 Å². The number of hydrogen-bond donors (Lipinski definition) is 1. The normalized spacial score (nSPS) is 22.8. The number of aromatic nitrogens is 2. The van der Waals surface area contributed by atoms with Crippen LogP contribution in [0.1, 0.15) is 42.9 Å². The van der Waals surface area contributed by atoms with Crippen molar-refractivity contribution in [2.45, 2.75) is 46.1 Å². The zero-order valence-electron chi connectivity index (χ0n) is 13.9. The minimum Gasteiger partial charge on any atom is -0.334 e. The molecule has 0 aromatic carbocycles. The number of nitrogens with zero attached hydrogens (tertiary/aromatic N) is 3. The van der Waals surface area contributed by atoms with Gasteiger partial charge in [-0.3, -0.25) is 4.90 Å². The summed E-state index contributed by atoms with van der Waals surface area (Å²) in [5.41, 5.74) is 2.48. The van der Waals surface area contributed by atoms with Crippen LogP contribution in [0.2, 0.25) is 0 Å². The third kappa shape index (κ3) is 3.32. The fraction of sp³-hybridized carbons (Fsp3) is 0.824. The van der Waals surface area contributed by atoms with Gasteiger partial charge < -0.3 is 9.88 Å². The predicted molar refractivity (Wildman–Crippen MR) is 86.3 cm³/mol. The maximum atomic E-state index is 4.73. The van der Waals surface area contributed by atoms with Crippen LogP contribution in [-0.2, 0) is 13.6 Å². The van der Waals surface area contributed by atoms with E-state index in [9.17, 15) is 0 Å². The SMILES string of the molecule is Cc1nc(CN2CCC(C3CCNCC3)CC2)n(C)c1C. The van der Waals surface area contributed by atoms with Crippen LogP contribution in [0.4, 0.5) is 0 Å². The number of piperidine rings is 2. The molecule has 3 heterocycles. The summed E-state index contributed by atoms with van der Waals surface area (Å²) in [7, 11) is 2.15. The molecule has 1 aromatic rings. The Morgan fingerprint density at radius 2 is 1.67 bits per heavy atom. The summed E-state index contributed by atoms with van der Waals surface area (Å²) in [6.07, 6.45) is 5.55. The lowest BCUT2D eigenvalue weighted by molar-refractivity contribution is 0.123. The summed E-state index contributed by atoms with van der Waals surface area (Å²) in [5, 5.41) is 3.49. The van der Waals surface area contributed by atoms with Gasteiger partial charge in [-0.2, -0.15) is 0 Å². The van der Waals surface area contributed by atoms with E-state index in [0.29, 0.717) is 0 Å². The van der Waals surface area contributed by atoms with Crippen LogP contribution >= 0.6 is 0 Å². The van der Waals surface area contributed by atoms with Crippen molar-refractivity contribution in [1.29, 1.82) is 0 Å². The lowest BCUT2D eigenvalue weighted by Crippen LogP contribution is -2.39. The third-order valence-electron chi connectivity index (χ3n) is 5.76. The van der Waals surface area contributed by atoms with Crippen molar-refractivity contribution in [3.8, 4) is 0 Å². The summed E-state index contributed by atoms with van der Waals surface area (Å²) < 4.78 is 2.26. The van der Waals surface area contributed by atoms with Crippen LogP contribution in [0, 0.1) is 25.7 Å². The van der Waals surface area contributed by atoms with Crippen LogP contribution in [0.5, 0.6) is 0 Å². The molecule has 0 bridgehead atoms. The quantitative estimate of drug-likeness (QED) is 0.927. The highest BCUT2D eigenvalue weighted by Gasteiger charge is 2.27. The summed E-state index contributed by atoms with van der Waals surface area (Å²) in [6.45, 7) is 10.3. The van der Waals surface area contributed by atoms with Crippen molar-refractivity contribution in [2.24, 2.45) is 18.9 Å². The molecule has 2 saturated heterocycles. The maximum Gasteiger partial charge on any atom is 0.123 e. The molecule has 21 heavy (non-hydrogen) atoms. The molecule has 118 valence electrons. The molecule has 0 aliphatic carbocycles. The molecule has 0 amide bonds. The Labute approximate surface area is 128 Å². The van der Waals surface area contributed by atoms with Gasteiger partial charge >= 0.3 is 0 Å². The molecule has 1 N–H and O–H groups in total. The van der Waals surface area contributed by atoms with Gasteiger partial charge in [0, 0.05) is 12.7 Å². The standard InChI is InChI=1S/C17H30N4/c1-13-14(2)20(3)17(19-13)12-21-10-6-16(7-11-21)15-4-8-18-9-5-15/h15-16,18H,4-12H2,1-3H3. The average Bonchev–Trinajstić information content (AvgIpc) is 2.76. The van der Waals surface area contributed by atoms with E-state index in [1.54, 1.807) is 0 Å². The molecule has 0 radical (unpaired) electrons. The summed E-state index contributed by atoms with van der Waals surface area (Å²) in [5.74, 6) is 3.17. The Morgan fingerprint density at radius 1 is 1.05 bits per heavy atom. The second-order valence-electron chi connectivity index (χ2n) is 6.96. The van der Waals surface area contributed by atoms with Crippen LogP contribution in [0.15, 0.2) is 0 Å². The number of imidazole rings is 1. The molecular formula is C17H30N4. The van der Waals surface area contributed by atoms with E-state index in [1.807, 2.05) is 0 Å². The minimum absolute atomic E-state index is 0.966. The molecular weight excluding hydrogens is 260 g/mol. The molecule has 2 aliphatic heterocycles. The highest BCUT2D eigenvalue weighted by atomic mass is 15.2. The van der Waals surface area contributed by atoms with Crippen molar-refractivity contribution in [2.75, 3.05) is 26.2 Å². The first-order valence-electron chi connectivity index (χ1n) is 8.57. The minimum atomic E-state index is 0.966. The fourth-order valence-corrected chi connectivity index (χ4v) is 4.03. The Balaban J connectivity index is 1.52. The second kappa shape index (κ2) is 6.49. The molecule has 3 rings (SSSR count). The van der Waals surface area contributed by atoms with E-state index in [4.69, 9.17) is 4.98 Å². The predicted octanol–water partition coefficient (Wildman–Crippen LogP) is 2.25. The van der Waals surface area contributed by atoms with Gasteiger partial charge in [0.05, 0.1) is 12.2 Å². The van der Waals surface area contributed by atoms with E-state index in [1.165, 1.54) is 69.1 Å². The van der Waals surface area contributed by atoms with Crippen molar-refractivity contribution in [3.05, 3.63) is 17.2 Å². The monoisotopic (exact) mass is 290 g/mol. The van der Waals surface area contributed by atoms with Crippen LogP contribution < -0.4 is 5.32 Å². The van der Waals surface area contributed by atoms with E-state index >= 15 is 0 Å². The van der Waals surface area contributed by atoms with Crippen LogP contribution in [0.25, 0.3) is 0 Å². The summed E-state index contributed by atoms with van der Waals surface area (Å²) >= 11 is 0. The summed E-state index contributed by atoms with van der Waals surface area (Å²) in [6, 6.07) is 0. The van der Waals surface area contributed by atoms with Crippen molar-refractivity contribution >= 4 is 0 Å². The Hall–Kier alpha value is -0.870. The second-order valence-corrected chi connectivity index (χ2v) is 6.96. The maximum absolute atomic E-state index is 4.73. The molecule has 0 spiro atoms. The summed E-state index contributed by atoms with van der Waals surface area (Å²) in [4.78, 5) is 7.32.